The minimum atomic E-state index is -3.47. The third-order valence-electron chi connectivity index (χ3n) is 7.38. The van der Waals surface area contributed by atoms with Gasteiger partial charge >= 0.3 is 15.5 Å². The zero-order chi connectivity index (χ0) is 31.6. The average Bonchev–Trinajstić information content (AvgIpc) is 3.07. The van der Waals surface area contributed by atoms with Crippen molar-refractivity contribution in [3.05, 3.63) is 119 Å². The monoisotopic (exact) mass is 634 g/mol. The molecule has 0 aliphatic carbocycles. The van der Waals surface area contributed by atoms with Crippen LogP contribution in [0.15, 0.2) is 97.1 Å². The van der Waals surface area contributed by atoms with Gasteiger partial charge in [0.2, 0.25) is 0 Å². The van der Waals surface area contributed by atoms with Crippen molar-refractivity contribution in [2.75, 3.05) is 6.54 Å². The quantitative estimate of drug-likeness (QED) is 0.215. The van der Waals surface area contributed by atoms with Gasteiger partial charge in [-0.1, -0.05) is 107 Å². The van der Waals surface area contributed by atoms with Crippen molar-refractivity contribution < 1.29 is 27.2 Å². The lowest BCUT2D eigenvalue weighted by atomic mass is 9.83. The third-order valence-corrected chi connectivity index (χ3v) is 10.2. The molecule has 6 rings (SSSR count). The van der Waals surface area contributed by atoms with Crippen LogP contribution in [0.4, 0.5) is 0 Å². The van der Waals surface area contributed by atoms with Crippen LogP contribution in [0.2, 0.25) is 0 Å². The van der Waals surface area contributed by atoms with Gasteiger partial charge in [-0.25, -0.2) is 14.2 Å². The van der Waals surface area contributed by atoms with Gasteiger partial charge in [0.1, 0.15) is 23.0 Å². The van der Waals surface area contributed by atoms with Crippen LogP contribution >= 0.6 is 15.5 Å². The third kappa shape index (κ3) is 7.39. The molecule has 4 aromatic carbocycles. The van der Waals surface area contributed by atoms with Gasteiger partial charge in [-0.2, -0.15) is 5.09 Å². The summed E-state index contributed by atoms with van der Waals surface area (Å²) in [6, 6.07) is 30.1. The Morgan fingerprint density at radius 1 is 0.705 bits per heavy atom. The van der Waals surface area contributed by atoms with Crippen LogP contribution in [-0.2, 0) is 26.5 Å². The summed E-state index contributed by atoms with van der Waals surface area (Å²) in [7, 11) is -6.88. The second kappa shape index (κ2) is 12.5. The first-order valence-corrected chi connectivity index (χ1v) is 17.7. The highest BCUT2D eigenvalue weighted by molar-refractivity contribution is 7.52. The van der Waals surface area contributed by atoms with Crippen molar-refractivity contribution in [1.29, 1.82) is 0 Å². The first kappa shape index (κ1) is 31.9. The van der Waals surface area contributed by atoms with Crippen LogP contribution in [0.25, 0.3) is 0 Å². The molecule has 8 nitrogen and oxygen atoms in total. The fraction of sp³-hybridized carbons (Fsp3) is 0.294. The highest BCUT2D eigenvalue weighted by Crippen LogP contribution is 2.52. The van der Waals surface area contributed by atoms with Crippen molar-refractivity contribution in [3.63, 3.8) is 0 Å². The van der Waals surface area contributed by atoms with Gasteiger partial charge in [0, 0.05) is 35.2 Å². The van der Waals surface area contributed by atoms with E-state index in [2.05, 4.69) is 44.8 Å². The van der Waals surface area contributed by atoms with Crippen LogP contribution in [0.3, 0.4) is 0 Å². The Labute approximate surface area is 260 Å². The van der Waals surface area contributed by atoms with Crippen LogP contribution in [0.5, 0.6) is 23.0 Å². The summed E-state index contributed by atoms with van der Waals surface area (Å²) in [5.41, 5.74) is 3.72. The van der Waals surface area contributed by atoms with Gasteiger partial charge in [0.05, 0.1) is 0 Å². The lowest BCUT2D eigenvalue weighted by molar-refractivity contribution is 0.352. The molecule has 4 aromatic rings. The van der Waals surface area contributed by atoms with Crippen molar-refractivity contribution in [2.45, 2.75) is 58.9 Å². The first-order valence-electron chi connectivity index (χ1n) is 14.6. The molecule has 0 spiro atoms. The summed E-state index contributed by atoms with van der Waals surface area (Å²) in [6.07, 6.45) is 0. The van der Waals surface area contributed by atoms with E-state index in [1.54, 1.807) is 24.3 Å². The smallest absolute Gasteiger partial charge is 0.405 e. The molecule has 2 N–H and O–H groups in total. The average molecular weight is 635 g/mol. The van der Waals surface area contributed by atoms with Crippen LogP contribution in [0, 0.1) is 6.92 Å². The van der Waals surface area contributed by atoms with Crippen molar-refractivity contribution >= 4 is 15.5 Å². The first-order chi connectivity index (χ1) is 20.8. The number of aryl methyl sites for hydroxylation is 1. The van der Waals surface area contributed by atoms with E-state index in [1.165, 1.54) is 0 Å². The Morgan fingerprint density at radius 3 is 1.84 bits per heavy atom. The van der Waals surface area contributed by atoms with Gasteiger partial charge < -0.3 is 18.1 Å². The highest BCUT2D eigenvalue weighted by Gasteiger charge is 2.39. The van der Waals surface area contributed by atoms with Gasteiger partial charge in [-0.15, -0.1) is 0 Å². The van der Waals surface area contributed by atoms with Crippen molar-refractivity contribution in [1.82, 2.24) is 10.2 Å². The minimum Gasteiger partial charge on any atom is -0.405 e. The Kier molecular flexibility index (Phi) is 9.02. The minimum absolute atomic E-state index is 0.0970. The van der Waals surface area contributed by atoms with E-state index < -0.39 is 15.5 Å². The van der Waals surface area contributed by atoms with Gasteiger partial charge in [0.15, 0.2) is 0 Å². The van der Waals surface area contributed by atoms with Gasteiger partial charge in [-0.3, -0.25) is 0 Å². The molecule has 2 aliphatic rings. The topological polar surface area (TPSA) is 95.1 Å². The number of benzene rings is 4. The van der Waals surface area contributed by atoms with E-state index in [4.69, 9.17) is 18.1 Å². The molecule has 0 saturated carbocycles. The summed E-state index contributed by atoms with van der Waals surface area (Å²) >= 11 is 0. The Bertz CT molecular complexity index is 1700. The second-order valence-corrected chi connectivity index (χ2v) is 15.9. The fourth-order valence-electron chi connectivity index (χ4n) is 4.95. The van der Waals surface area contributed by atoms with E-state index in [-0.39, 0.29) is 10.8 Å². The number of hydrogen-bond acceptors (Lipinski definition) is 6. The van der Waals surface area contributed by atoms with Crippen LogP contribution in [0.1, 0.15) is 56.9 Å². The molecule has 0 fully saturated rings. The molecule has 0 bridgehead atoms. The van der Waals surface area contributed by atoms with E-state index in [0.717, 1.165) is 22.3 Å². The Hall–Kier alpha value is -3.54. The molecular formula is C34H40N2O6P2. The van der Waals surface area contributed by atoms with E-state index >= 15 is 0 Å². The maximum absolute atomic E-state index is 13.1. The highest BCUT2D eigenvalue weighted by atomic mass is 31.2. The van der Waals surface area contributed by atoms with Crippen LogP contribution < -0.4 is 28.3 Å². The summed E-state index contributed by atoms with van der Waals surface area (Å²) < 4.78 is 48.8. The lowest BCUT2D eigenvalue weighted by Gasteiger charge is -2.31. The molecule has 232 valence electrons. The molecule has 2 atom stereocenters. The number of fused-ring (bicyclic) bond motifs is 2. The summed E-state index contributed by atoms with van der Waals surface area (Å²) in [6.45, 7) is 13.4. The largest absolute Gasteiger partial charge is 0.513 e. The molecule has 0 radical (unpaired) electrons. The molecule has 10 heteroatoms. The summed E-state index contributed by atoms with van der Waals surface area (Å²) in [5.74, 6) is 2.37. The molecule has 44 heavy (non-hydrogen) atoms. The standard InChI is InChI=1S/2C17H20NO3P/c1-17(2,3)15-11-7-8-13-12-18-22(19,21-16(13)15)20-14-9-5-4-6-10-14;1-13-8-7-11-15-16(13)21-22(19,18-12-17(15,2)3)20-14-9-5-4-6-10-14/h2*4-11H,12H2,1-3H3,(H,18,19). The van der Waals surface area contributed by atoms with Crippen molar-refractivity contribution in [2.24, 2.45) is 0 Å². The zero-order valence-electron chi connectivity index (χ0n) is 26.0. The lowest BCUT2D eigenvalue weighted by Crippen LogP contribution is -2.30. The maximum Gasteiger partial charge on any atom is 0.513 e. The van der Waals surface area contributed by atoms with E-state index in [0.29, 0.717) is 36.1 Å². The fourth-order valence-corrected chi connectivity index (χ4v) is 7.97. The predicted molar refractivity (Wildman–Crippen MR) is 175 cm³/mol. The number of hydrogen-bond donors (Lipinski definition) is 2. The summed E-state index contributed by atoms with van der Waals surface area (Å²) in [5, 5.41) is 5.87. The second-order valence-electron chi connectivity index (χ2n) is 12.5. The summed E-state index contributed by atoms with van der Waals surface area (Å²) in [4.78, 5) is 0. The van der Waals surface area contributed by atoms with Gasteiger partial charge in [0.25, 0.3) is 0 Å². The molecule has 0 saturated heterocycles. The number of nitrogens with one attached hydrogen (secondary N) is 2. The molecule has 0 aromatic heterocycles. The Morgan fingerprint density at radius 2 is 1.25 bits per heavy atom. The van der Waals surface area contributed by atoms with E-state index in [9.17, 15) is 9.13 Å². The maximum atomic E-state index is 13.1. The molecular weight excluding hydrogens is 594 g/mol. The van der Waals surface area contributed by atoms with Gasteiger partial charge in [-0.05, 0) is 42.2 Å². The van der Waals surface area contributed by atoms with Crippen LogP contribution in [-0.4, -0.2) is 6.54 Å². The Balaban J connectivity index is 0.000000175. The molecule has 0 amide bonds. The normalized spacial score (nSPS) is 22.0. The SMILES string of the molecule is CC(C)(C)c1cccc2c1OP(=O)(Oc1ccccc1)NC2.Cc1cccc2c1OP(=O)(Oc1ccccc1)NCC2(C)C. The predicted octanol–water partition coefficient (Wildman–Crippen LogP) is 9.09. The molecule has 2 unspecified atom stereocenters. The number of para-hydroxylation sites is 4. The number of rotatable bonds is 4. The zero-order valence-corrected chi connectivity index (χ0v) is 27.8. The van der Waals surface area contributed by atoms with E-state index in [1.807, 2.05) is 79.7 Å². The molecule has 2 heterocycles. The molecule has 2 aliphatic heterocycles. The van der Waals surface area contributed by atoms with Crippen molar-refractivity contribution in [3.8, 4) is 23.0 Å².